The summed E-state index contributed by atoms with van der Waals surface area (Å²) in [5, 5.41) is 9.57. The Hall–Kier alpha value is -2.50. The monoisotopic (exact) mass is 372 g/mol. The third kappa shape index (κ3) is 7.33. The Labute approximate surface area is 162 Å². The Balaban J connectivity index is 1.76. The van der Waals surface area contributed by atoms with Gasteiger partial charge in [-0.05, 0) is 32.3 Å². The topological polar surface area (TPSA) is 74.8 Å². The van der Waals surface area contributed by atoms with Crippen molar-refractivity contribution >= 4 is 11.9 Å². The smallest absolute Gasteiger partial charge is 0.223 e. The molecule has 148 valence electrons. The summed E-state index contributed by atoms with van der Waals surface area (Å²) < 4.78 is 5.68. The Morgan fingerprint density at radius 1 is 1.26 bits per heavy atom. The lowest BCUT2D eigenvalue weighted by Gasteiger charge is -2.24. The van der Waals surface area contributed by atoms with Crippen molar-refractivity contribution in [3.8, 4) is 5.75 Å². The summed E-state index contributed by atoms with van der Waals surface area (Å²) in [7, 11) is 0. The summed E-state index contributed by atoms with van der Waals surface area (Å²) in [6.45, 7) is 8.97. The number of para-hydroxylation sites is 1. The van der Waals surface area contributed by atoms with E-state index in [-0.39, 0.29) is 11.8 Å². The average molecular weight is 373 g/mol. The van der Waals surface area contributed by atoms with Crippen molar-refractivity contribution < 1.29 is 9.53 Å². The molecule has 6 heteroatoms. The van der Waals surface area contributed by atoms with E-state index in [1.807, 2.05) is 31.2 Å². The first-order chi connectivity index (χ1) is 13.2. The van der Waals surface area contributed by atoms with Gasteiger partial charge in [0.25, 0.3) is 0 Å². The van der Waals surface area contributed by atoms with Crippen molar-refractivity contribution in [3.05, 3.63) is 42.5 Å². The van der Waals surface area contributed by atoms with Gasteiger partial charge in [0.2, 0.25) is 5.91 Å². The summed E-state index contributed by atoms with van der Waals surface area (Å²) in [6, 6.07) is 7.89. The van der Waals surface area contributed by atoms with E-state index in [4.69, 9.17) is 4.74 Å². The van der Waals surface area contributed by atoms with Gasteiger partial charge in [-0.1, -0.05) is 37.3 Å². The number of ether oxygens (including phenoxy) is 1. The fourth-order valence-corrected chi connectivity index (χ4v) is 2.75. The molecule has 3 N–H and O–H groups in total. The van der Waals surface area contributed by atoms with Crippen LogP contribution in [0.2, 0.25) is 0 Å². The molecular formula is C21H32N4O2. The lowest BCUT2D eigenvalue weighted by Crippen LogP contribution is -2.39. The van der Waals surface area contributed by atoms with Crippen LogP contribution in [0.1, 0.15) is 38.2 Å². The van der Waals surface area contributed by atoms with E-state index in [1.165, 1.54) is 6.42 Å². The maximum Gasteiger partial charge on any atom is 0.223 e. The second kappa shape index (κ2) is 12.0. The zero-order chi connectivity index (χ0) is 19.3. The van der Waals surface area contributed by atoms with Gasteiger partial charge in [-0.2, -0.15) is 0 Å². The van der Waals surface area contributed by atoms with Crippen LogP contribution in [-0.2, 0) is 11.3 Å². The van der Waals surface area contributed by atoms with Crippen molar-refractivity contribution in [1.82, 2.24) is 16.0 Å². The summed E-state index contributed by atoms with van der Waals surface area (Å²) in [5.74, 6) is 2.05. The first-order valence-electron chi connectivity index (χ1n) is 9.86. The fraction of sp³-hybridized carbons (Fsp3) is 0.524. The molecule has 0 saturated heterocycles. The minimum Gasteiger partial charge on any atom is -0.489 e. The van der Waals surface area contributed by atoms with E-state index in [1.54, 1.807) is 6.08 Å². The van der Waals surface area contributed by atoms with E-state index < -0.39 is 0 Å². The highest BCUT2D eigenvalue weighted by Gasteiger charge is 2.24. The molecule has 0 unspecified atom stereocenters. The number of carbonyl (C=O) groups excluding carboxylic acids is 1. The van der Waals surface area contributed by atoms with Crippen molar-refractivity contribution in [2.75, 3.05) is 26.2 Å². The van der Waals surface area contributed by atoms with Crippen LogP contribution in [0.5, 0.6) is 5.75 Å². The molecule has 0 aromatic heterocycles. The number of aliphatic imine (C=N–C) groups is 1. The largest absolute Gasteiger partial charge is 0.489 e. The molecule has 1 aromatic carbocycles. The maximum atomic E-state index is 11.8. The van der Waals surface area contributed by atoms with Gasteiger partial charge in [-0.15, -0.1) is 0 Å². The number of guanidine groups is 1. The molecule has 0 radical (unpaired) electrons. The molecule has 6 nitrogen and oxygen atoms in total. The molecule has 0 atom stereocenters. The molecule has 1 aliphatic carbocycles. The van der Waals surface area contributed by atoms with E-state index in [0.29, 0.717) is 19.7 Å². The molecule has 1 aliphatic rings. The number of amides is 1. The Kier molecular flexibility index (Phi) is 9.24. The Morgan fingerprint density at radius 3 is 2.74 bits per heavy atom. The Bertz CT molecular complexity index is 626. The predicted octanol–water partition coefficient (Wildman–Crippen LogP) is 2.61. The number of benzene rings is 1. The van der Waals surface area contributed by atoms with Gasteiger partial charge in [0.05, 0.1) is 6.54 Å². The molecule has 1 aromatic rings. The van der Waals surface area contributed by atoms with Crippen LogP contribution >= 0.6 is 0 Å². The van der Waals surface area contributed by atoms with Crippen LogP contribution in [0.25, 0.3) is 0 Å². The summed E-state index contributed by atoms with van der Waals surface area (Å²) >= 11 is 0. The van der Waals surface area contributed by atoms with Gasteiger partial charge in [0.15, 0.2) is 5.96 Å². The molecule has 0 spiro atoms. The SMILES string of the molecule is C=CCOc1ccccc1CN=C(NCC)NCCCNC(=O)C1CCC1. The third-order valence-electron chi connectivity index (χ3n) is 4.50. The molecule has 0 aliphatic heterocycles. The molecule has 1 fully saturated rings. The van der Waals surface area contributed by atoms with E-state index in [2.05, 4.69) is 27.5 Å². The average Bonchev–Trinajstić information content (AvgIpc) is 2.63. The van der Waals surface area contributed by atoms with Gasteiger partial charge < -0.3 is 20.7 Å². The van der Waals surface area contributed by atoms with Crippen LogP contribution in [0.15, 0.2) is 41.9 Å². The van der Waals surface area contributed by atoms with Crippen LogP contribution in [0.4, 0.5) is 0 Å². The highest BCUT2D eigenvalue weighted by molar-refractivity contribution is 5.80. The van der Waals surface area contributed by atoms with E-state index in [0.717, 1.165) is 49.6 Å². The van der Waals surface area contributed by atoms with Gasteiger partial charge >= 0.3 is 0 Å². The highest BCUT2D eigenvalue weighted by atomic mass is 16.5. The second-order valence-corrected chi connectivity index (χ2v) is 6.60. The third-order valence-corrected chi connectivity index (χ3v) is 4.50. The van der Waals surface area contributed by atoms with Crippen molar-refractivity contribution in [1.29, 1.82) is 0 Å². The number of nitrogens with one attached hydrogen (secondary N) is 3. The number of hydrogen-bond acceptors (Lipinski definition) is 3. The molecule has 1 amide bonds. The van der Waals surface area contributed by atoms with Crippen LogP contribution < -0.4 is 20.7 Å². The van der Waals surface area contributed by atoms with Gasteiger partial charge in [-0.25, -0.2) is 4.99 Å². The summed E-state index contributed by atoms with van der Waals surface area (Å²) in [5.41, 5.74) is 1.03. The van der Waals surface area contributed by atoms with Crippen molar-refractivity contribution in [3.63, 3.8) is 0 Å². The first-order valence-corrected chi connectivity index (χ1v) is 9.86. The van der Waals surface area contributed by atoms with Crippen molar-refractivity contribution in [2.24, 2.45) is 10.9 Å². The molecule has 27 heavy (non-hydrogen) atoms. The van der Waals surface area contributed by atoms with Crippen LogP contribution in [-0.4, -0.2) is 38.1 Å². The van der Waals surface area contributed by atoms with Crippen LogP contribution in [0.3, 0.4) is 0 Å². The van der Waals surface area contributed by atoms with Gasteiger partial charge in [-0.3, -0.25) is 4.79 Å². The fourth-order valence-electron chi connectivity index (χ4n) is 2.75. The quantitative estimate of drug-likeness (QED) is 0.242. The summed E-state index contributed by atoms with van der Waals surface area (Å²) in [6.07, 6.45) is 5.86. The molecule has 0 heterocycles. The highest BCUT2D eigenvalue weighted by Crippen LogP contribution is 2.26. The van der Waals surface area contributed by atoms with Crippen molar-refractivity contribution in [2.45, 2.75) is 39.2 Å². The number of nitrogens with zero attached hydrogens (tertiary/aromatic N) is 1. The van der Waals surface area contributed by atoms with Crippen LogP contribution in [0, 0.1) is 5.92 Å². The maximum absolute atomic E-state index is 11.8. The lowest BCUT2D eigenvalue weighted by molar-refractivity contribution is -0.127. The second-order valence-electron chi connectivity index (χ2n) is 6.60. The first kappa shape index (κ1) is 20.8. The minimum atomic E-state index is 0.206. The van der Waals surface area contributed by atoms with E-state index >= 15 is 0 Å². The molecule has 0 bridgehead atoms. The zero-order valence-corrected chi connectivity index (χ0v) is 16.3. The van der Waals surface area contributed by atoms with Gasteiger partial charge in [0, 0.05) is 31.1 Å². The van der Waals surface area contributed by atoms with Gasteiger partial charge in [0.1, 0.15) is 12.4 Å². The number of rotatable bonds is 11. The molecule has 2 rings (SSSR count). The zero-order valence-electron chi connectivity index (χ0n) is 16.3. The normalized spacial score (nSPS) is 14.2. The minimum absolute atomic E-state index is 0.206. The standard InChI is InChI=1S/C21H32N4O2/c1-3-15-27-19-12-6-5-9-18(19)16-25-21(22-4-2)24-14-8-13-23-20(26)17-10-7-11-17/h3,5-6,9,12,17H,1,4,7-8,10-11,13-16H2,2H3,(H,23,26)(H2,22,24,25). The van der Waals surface area contributed by atoms with E-state index in [9.17, 15) is 4.79 Å². The summed E-state index contributed by atoms with van der Waals surface area (Å²) in [4.78, 5) is 16.4. The molecule has 1 saturated carbocycles. The number of hydrogen-bond donors (Lipinski definition) is 3. The predicted molar refractivity (Wildman–Crippen MR) is 110 cm³/mol. The Morgan fingerprint density at radius 2 is 2.04 bits per heavy atom. The lowest BCUT2D eigenvalue weighted by atomic mass is 9.85. The number of carbonyl (C=O) groups is 1. The molecular weight excluding hydrogens is 340 g/mol.